The third kappa shape index (κ3) is 11.7. The Morgan fingerprint density at radius 2 is 0.250 bits per heavy atom. The van der Waals surface area contributed by atoms with Crippen molar-refractivity contribution in [2.45, 2.75) is 96.3 Å². The average molecular weight is 349 g/mol. The van der Waals surface area contributed by atoms with Gasteiger partial charge in [0.25, 0.3) is 0 Å². The van der Waals surface area contributed by atoms with Crippen molar-refractivity contribution in [3.05, 3.63) is 0 Å². The predicted molar refractivity (Wildman–Crippen MR) is 69.3 cm³/mol. The van der Waals surface area contributed by atoms with Crippen LogP contribution in [-0.4, -0.2) is 0 Å². The second kappa shape index (κ2) is 14.3. The smallest absolute Gasteiger partial charge is 0.0533 e. The Morgan fingerprint density at radius 1 is 0.188 bits per heavy atom. The first-order valence-corrected chi connectivity index (χ1v) is 7.50. The van der Waals surface area contributed by atoms with Crippen LogP contribution in [0.3, 0.4) is 0 Å². The Morgan fingerprint density at radius 3 is 0.312 bits per heavy atom. The van der Waals surface area contributed by atoms with Gasteiger partial charge in [-0.15, -0.1) is 0 Å². The van der Waals surface area contributed by atoms with E-state index in [9.17, 15) is 0 Å². The quantitative estimate of drug-likeness (QED) is 0.514. The molecular formula is C15H30La+3. The summed E-state index contributed by atoms with van der Waals surface area (Å²) in [6.45, 7) is 0. The van der Waals surface area contributed by atoms with Crippen LogP contribution in [0.5, 0.6) is 0 Å². The van der Waals surface area contributed by atoms with E-state index in [1.807, 2.05) is 0 Å². The van der Waals surface area contributed by atoms with E-state index in [2.05, 4.69) is 0 Å². The first-order valence-electron chi connectivity index (χ1n) is 7.50. The Labute approximate surface area is 131 Å². The van der Waals surface area contributed by atoms with Gasteiger partial charge in [0.15, 0.2) is 0 Å². The average Bonchev–Trinajstić information content (AvgIpc) is 3.09. The van der Waals surface area contributed by atoms with E-state index >= 15 is 0 Å². The first kappa shape index (κ1) is 17.2. The van der Waals surface area contributed by atoms with Crippen LogP contribution in [0.25, 0.3) is 0 Å². The van der Waals surface area contributed by atoms with Crippen LogP contribution in [0.15, 0.2) is 0 Å². The second-order valence-corrected chi connectivity index (χ2v) is 5.30. The molecule has 90 valence electrons. The molecule has 0 radical (unpaired) electrons. The fourth-order valence-corrected chi connectivity index (χ4v) is 2.65. The summed E-state index contributed by atoms with van der Waals surface area (Å²) in [5, 5.41) is 0. The molecule has 0 aromatic heterocycles. The van der Waals surface area contributed by atoms with Gasteiger partial charge in [-0.25, -0.2) is 0 Å². The monoisotopic (exact) mass is 349 g/mol. The summed E-state index contributed by atoms with van der Waals surface area (Å²) in [7, 11) is 0. The molecule has 0 aromatic carbocycles. The normalized spacial score (nSPS) is 22.5. The summed E-state index contributed by atoms with van der Waals surface area (Å²) in [6.07, 6.45) is 22.5. The van der Waals surface area contributed by atoms with Gasteiger partial charge in [-0.2, -0.15) is 0 Å². The van der Waals surface area contributed by atoms with E-state index < -0.39 is 0 Å². The van der Waals surface area contributed by atoms with Crippen LogP contribution in [0.1, 0.15) is 96.3 Å². The molecule has 3 aliphatic rings. The molecule has 16 heavy (non-hydrogen) atoms. The Kier molecular flexibility index (Phi) is 15.3. The third-order valence-electron chi connectivity index (χ3n) is 3.75. The molecule has 3 fully saturated rings. The molecule has 1 heteroatoms. The second-order valence-electron chi connectivity index (χ2n) is 5.30. The van der Waals surface area contributed by atoms with E-state index in [1.165, 1.54) is 96.3 Å². The first-order chi connectivity index (χ1) is 7.50. The van der Waals surface area contributed by atoms with Crippen molar-refractivity contribution in [2.75, 3.05) is 0 Å². The van der Waals surface area contributed by atoms with Crippen molar-refractivity contribution in [1.29, 1.82) is 0 Å². The van der Waals surface area contributed by atoms with Crippen molar-refractivity contribution in [2.24, 2.45) is 0 Å². The number of hydrogen-bond donors (Lipinski definition) is 0. The van der Waals surface area contributed by atoms with Crippen LogP contribution in [0.2, 0.25) is 0 Å². The van der Waals surface area contributed by atoms with Crippen LogP contribution < -0.4 is 0 Å². The third-order valence-corrected chi connectivity index (χ3v) is 3.75. The van der Waals surface area contributed by atoms with Crippen molar-refractivity contribution >= 4 is 0 Å². The van der Waals surface area contributed by atoms with Crippen molar-refractivity contribution in [3.63, 3.8) is 0 Å². The topological polar surface area (TPSA) is 0 Å². The summed E-state index contributed by atoms with van der Waals surface area (Å²) in [6, 6.07) is 0. The maximum absolute atomic E-state index is 1.50. The van der Waals surface area contributed by atoms with Gasteiger partial charge < -0.3 is 0 Å². The Bertz CT molecular complexity index is 64.0. The number of rotatable bonds is 0. The van der Waals surface area contributed by atoms with Crippen molar-refractivity contribution in [1.82, 2.24) is 0 Å². The van der Waals surface area contributed by atoms with Crippen molar-refractivity contribution < 1.29 is 35.6 Å². The zero-order valence-electron chi connectivity index (χ0n) is 11.2. The molecule has 3 rings (SSSR count). The van der Waals surface area contributed by atoms with Gasteiger partial charge in [-0.3, -0.25) is 0 Å². The molecule has 0 saturated heterocycles. The fourth-order valence-electron chi connectivity index (χ4n) is 2.65. The molecule has 0 aliphatic heterocycles. The summed E-state index contributed by atoms with van der Waals surface area (Å²) >= 11 is 0. The minimum Gasteiger partial charge on any atom is -0.0533 e. The van der Waals surface area contributed by atoms with Gasteiger partial charge in [0, 0.05) is 0 Å². The van der Waals surface area contributed by atoms with E-state index in [4.69, 9.17) is 0 Å². The van der Waals surface area contributed by atoms with Crippen LogP contribution in [0.4, 0.5) is 0 Å². The zero-order valence-corrected chi connectivity index (χ0v) is 14.8. The molecule has 0 unspecified atom stereocenters. The van der Waals surface area contributed by atoms with Gasteiger partial charge in [0.2, 0.25) is 0 Å². The zero-order chi connectivity index (χ0) is 10.6. The van der Waals surface area contributed by atoms with Crippen LogP contribution in [-0.2, 0) is 0 Å². The summed E-state index contributed by atoms with van der Waals surface area (Å²) in [5.74, 6) is 0. The molecule has 0 nitrogen and oxygen atoms in total. The molecular weight excluding hydrogens is 319 g/mol. The fraction of sp³-hybridized carbons (Fsp3) is 1.00. The minimum absolute atomic E-state index is 0. The summed E-state index contributed by atoms with van der Waals surface area (Å²) in [5.41, 5.74) is 0. The van der Waals surface area contributed by atoms with Gasteiger partial charge in [-0.05, 0) is 0 Å². The molecule has 0 amide bonds. The molecule has 0 aromatic rings. The van der Waals surface area contributed by atoms with Crippen LogP contribution >= 0.6 is 0 Å². The minimum atomic E-state index is 0. The molecule has 0 heterocycles. The Balaban J connectivity index is 0.000000205. The summed E-state index contributed by atoms with van der Waals surface area (Å²) in [4.78, 5) is 0. The van der Waals surface area contributed by atoms with E-state index in [0.29, 0.717) is 0 Å². The maximum atomic E-state index is 1.50. The predicted octanol–water partition coefficient (Wildman–Crippen LogP) is 5.85. The van der Waals surface area contributed by atoms with E-state index in [0.717, 1.165) is 0 Å². The molecule has 0 atom stereocenters. The van der Waals surface area contributed by atoms with Gasteiger partial charge in [0.05, 0.1) is 0 Å². The van der Waals surface area contributed by atoms with Crippen LogP contribution in [0, 0.1) is 35.6 Å². The molecule has 0 bridgehead atoms. The molecule has 0 spiro atoms. The molecule has 0 N–H and O–H groups in total. The van der Waals surface area contributed by atoms with Gasteiger partial charge >= 0.3 is 35.6 Å². The molecule has 3 saturated carbocycles. The van der Waals surface area contributed by atoms with Gasteiger partial charge in [-0.1, -0.05) is 96.3 Å². The van der Waals surface area contributed by atoms with E-state index in [-0.39, 0.29) is 35.6 Å². The van der Waals surface area contributed by atoms with Gasteiger partial charge in [0.1, 0.15) is 0 Å². The Hall–Kier alpha value is 1.19. The standard InChI is InChI=1S/3C5H10.La/c3*1-2-4-5-3-1;/h3*1-5H2;/q;;;+3. The SMILES string of the molecule is C1CCCC1.C1CCCC1.C1CCCC1.[La+3]. The molecule has 3 aliphatic carbocycles. The number of hydrogen-bond acceptors (Lipinski definition) is 0. The maximum Gasteiger partial charge on any atom is 3.00 e. The van der Waals surface area contributed by atoms with Crippen molar-refractivity contribution in [3.8, 4) is 0 Å². The summed E-state index contributed by atoms with van der Waals surface area (Å²) < 4.78 is 0. The largest absolute Gasteiger partial charge is 3.00 e. The van der Waals surface area contributed by atoms with E-state index in [1.54, 1.807) is 0 Å².